The number of benzene rings is 1. The van der Waals surface area contributed by atoms with Crippen LogP contribution in [0.5, 0.6) is 0 Å². The van der Waals surface area contributed by atoms with E-state index in [2.05, 4.69) is 25.9 Å². The highest BCUT2D eigenvalue weighted by Crippen LogP contribution is 2.23. The van der Waals surface area contributed by atoms with Crippen LogP contribution in [0.1, 0.15) is 5.56 Å². The zero-order chi connectivity index (χ0) is 12.8. The van der Waals surface area contributed by atoms with Gasteiger partial charge < -0.3 is 17.2 Å². The average Bonchev–Trinajstić information content (AvgIpc) is 2.22. The highest BCUT2D eigenvalue weighted by molar-refractivity contribution is 9.10. The van der Waals surface area contributed by atoms with Crippen LogP contribution in [0.3, 0.4) is 0 Å². The fourth-order valence-electron chi connectivity index (χ4n) is 1.16. The first kappa shape index (κ1) is 17.0. The first-order chi connectivity index (χ1) is 7.99. The van der Waals surface area contributed by atoms with Crippen molar-refractivity contribution in [1.82, 2.24) is 0 Å². The number of halogens is 3. The third-order valence-corrected chi connectivity index (χ3v) is 3.12. The molecule has 0 aliphatic rings. The zero-order valence-corrected chi connectivity index (χ0v) is 12.6. The van der Waals surface area contributed by atoms with Gasteiger partial charge >= 0.3 is 0 Å². The lowest BCUT2D eigenvalue weighted by molar-refractivity contribution is 0.961. The van der Waals surface area contributed by atoms with E-state index in [0.29, 0.717) is 11.6 Å². The van der Waals surface area contributed by atoms with E-state index in [1.54, 1.807) is 0 Å². The van der Waals surface area contributed by atoms with Gasteiger partial charge in [0.2, 0.25) is 5.96 Å². The summed E-state index contributed by atoms with van der Waals surface area (Å²) in [6.07, 6.45) is 0.733. The number of hydrogen-bond acceptors (Lipinski definition) is 1. The Bertz CT molecular complexity index is 458. The molecule has 0 aliphatic carbocycles. The molecule has 0 bridgehead atoms. The van der Waals surface area contributed by atoms with Gasteiger partial charge in [-0.1, -0.05) is 17.7 Å². The monoisotopic (exact) mass is 353 g/mol. The molecular formula is C10H14BrCl2N5. The minimum atomic E-state index is -0.0968. The summed E-state index contributed by atoms with van der Waals surface area (Å²) < 4.78 is 0.859. The van der Waals surface area contributed by atoms with Crippen molar-refractivity contribution in [2.45, 2.75) is 6.42 Å². The molecule has 0 heterocycles. The Balaban J connectivity index is 0.00000289. The van der Waals surface area contributed by atoms with Crippen molar-refractivity contribution < 1.29 is 0 Å². The van der Waals surface area contributed by atoms with E-state index < -0.39 is 0 Å². The van der Waals surface area contributed by atoms with Crippen molar-refractivity contribution in [3.63, 3.8) is 0 Å². The fraction of sp³-hybridized carbons (Fsp3) is 0.200. The maximum Gasteiger partial charge on any atom is 0.218 e. The molecule has 5 nitrogen and oxygen atoms in total. The van der Waals surface area contributed by atoms with Crippen LogP contribution in [0, 0.1) is 0 Å². The van der Waals surface area contributed by atoms with Crippen LogP contribution in [-0.2, 0) is 6.42 Å². The summed E-state index contributed by atoms with van der Waals surface area (Å²) in [6, 6.07) is 5.69. The second kappa shape index (κ2) is 8.18. The Hall–Kier alpha value is -0.980. The van der Waals surface area contributed by atoms with Crippen LogP contribution >= 0.6 is 39.9 Å². The molecule has 0 aliphatic heterocycles. The summed E-state index contributed by atoms with van der Waals surface area (Å²) in [4.78, 5) is 7.62. The molecule has 100 valence electrons. The molecule has 0 amide bonds. The van der Waals surface area contributed by atoms with E-state index >= 15 is 0 Å². The second-order valence-electron chi connectivity index (χ2n) is 3.28. The Morgan fingerprint density at radius 1 is 1.28 bits per heavy atom. The summed E-state index contributed by atoms with van der Waals surface area (Å²) in [5, 5.41) is 0.678. The lowest BCUT2D eigenvalue weighted by Gasteiger charge is -2.01. The molecule has 6 N–H and O–H groups in total. The molecule has 0 spiro atoms. The minimum Gasteiger partial charge on any atom is -0.370 e. The van der Waals surface area contributed by atoms with Crippen molar-refractivity contribution in [1.29, 1.82) is 0 Å². The van der Waals surface area contributed by atoms with Gasteiger partial charge in [0.05, 0.1) is 5.02 Å². The highest BCUT2D eigenvalue weighted by atomic mass is 79.9. The molecule has 18 heavy (non-hydrogen) atoms. The van der Waals surface area contributed by atoms with Gasteiger partial charge in [0.25, 0.3) is 0 Å². The third kappa shape index (κ3) is 6.09. The molecule has 8 heteroatoms. The lowest BCUT2D eigenvalue weighted by Crippen LogP contribution is -2.26. The molecule has 0 fully saturated rings. The molecule has 0 saturated heterocycles. The van der Waals surface area contributed by atoms with Crippen molar-refractivity contribution >= 4 is 51.9 Å². The molecule has 0 saturated carbocycles. The van der Waals surface area contributed by atoms with Crippen LogP contribution in [0.2, 0.25) is 5.02 Å². The summed E-state index contributed by atoms with van der Waals surface area (Å²) in [5.74, 6) is -0.0153. The Labute approximate surface area is 125 Å². The molecule has 1 rings (SSSR count). The van der Waals surface area contributed by atoms with Crippen molar-refractivity contribution in [3.05, 3.63) is 33.3 Å². The lowest BCUT2D eigenvalue weighted by atomic mass is 10.1. The minimum absolute atomic E-state index is 0. The second-order valence-corrected chi connectivity index (χ2v) is 4.54. The maximum absolute atomic E-state index is 5.88. The number of rotatable bonds is 3. The van der Waals surface area contributed by atoms with E-state index in [9.17, 15) is 0 Å². The van der Waals surface area contributed by atoms with Gasteiger partial charge in [0, 0.05) is 11.0 Å². The molecule has 0 radical (unpaired) electrons. The SMILES string of the molecule is Cl.NC(N)=NC(N)=NCCc1ccc(Cl)c(Br)c1. The predicted molar refractivity (Wildman–Crippen MR) is 82.4 cm³/mol. The van der Waals surface area contributed by atoms with Crippen LogP contribution in [-0.4, -0.2) is 18.5 Å². The van der Waals surface area contributed by atoms with Gasteiger partial charge in [0.15, 0.2) is 5.96 Å². The highest BCUT2D eigenvalue weighted by Gasteiger charge is 1.98. The molecule has 0 atom stereocenters. The van der Waals surface area contributed by atoms with Crippen molar-refractivity contribution in [2.24, 2.45) is 27.2 Å². The van der Waals surface area contributed by atoms with Gasteiger partial charge in [-0.3, -0.25) is 4.99 Å². The summed E-state index contributed by atoms with van der Waals surface area (Å²) in [6.45, 7) is 0.511. The zero-order valence-electron chi connectivity index (χ0n) is 9.44. The number of hydrogen-bond donors (Lipinski definition) is 3. The summed E-state index contributed by atoms with van der Waals surface area (Å²) in [5.41, 5.74) is 16.9. The van der Waals surface area contributed by atoms with Gasteiger partial charge in [-0.25, -0.2) is 0 Å². The van der Waals surface area contributed by atoms with Crippen LogP contribution < -0.4 is 17.2 Å². The first-order valence-corrected chi connectivity index (χ1v) is 5.99. The number of nitrogens with two attached hydrogens (primary N) is 3. The molecular weight excluding hydrogens is 341 g/mol. The summed E-state index contributed by atoms with van der Waals surface area (Å²) >= 11 is 9.23. The van der Waals surface area contributed by atoms with E-state index in [-0.39, 0.29) is 24.3 Å². The number of guanidine groups is 2. The van der Waals surface area contributed by atoms with E-state index in [1.807, 2.05) is 18.2 Å². The van der Waals surface area contributed by atoms with E-state index in [4.69, 9.17) is 28.8 Å². The van der Waals surface area contributed by atoms with Crippen molar-refractivity contribution in [2.75, 3.05) is 6.54 Å². The molecule has 1 aromatic carbocycles. The maximum atomic E-state index is 5.88. The fourth-order valence-corrected chi connectivity index (χ4v) is 1.71. The smallest absolute Gasteiger partial charge is 0.218 e. The topological polar surface area (TPSA) is 103 Å². The predicted octanol–water partition coefficient (Wildman–Crippen LogP) is 1.65. The van der Waals surface area contributed by atoms with Crippen LogP contribution in [0.4, 0.5) is 0 Å². The quantitative estimate of drug-likeness (QED) is 0.568. The van der Waals surface area contributed by atoms with Crippen LogP contribution in [0.25, 0.3) is 0 Å². The molecule has 0 unspecified atom stereocenters. The largest absolute Gasteiger partial charge is 0.370 e. The van der Waals surface area contributed by atoms with Gasteiger partial charge in [-0.05, 0) is 40.0 Å². The normalized spacial score (nSPS) is 10.7. The Morgan fingerprint density at radius 3 is 2.50 bits per heavy atom. The van der Waals surface area contributed by atoms with Crippen LogP contribution in [0.15, 0.2) is 32.7 Å². The molecule has 1 aromatic rings. The Morgan fingerprint density at radius 2 is 1.94 bits per heavy atom. The molecule has 0 aromatic heterocycles. The van der Waals surface area contributed by atoms with Gasteiger partial charge in [0.1, 0.15) is 0 Å². The van der Waals surface area contributed by atoms with E-state index in [0.717, 1.165) is 16.5 Å². The van der Waals surface area contributed by atoms with Gasteiger partial charge in [-0.15, -0.1) is 12.4 Å². The number of nitrogens with zero attached hydrogens (tertiary/aromatic N) is 2. The van der Waals surface area contributed by atoms with Gasteiger partial charge in [-0.2, -0.15) is 4.99 Å². The third-order valence-electron chi connectivity index (χ3n) is 1.90. The van der Waals surface area contributed by atoms with E-state index in [1.165, 1.54) is 0 Å². The Kier molecular flexibility index (Phi) is 7.73. The first-order valence-electron chi connectivity index (χ1n) is 4.82. The summed E-state index contributed by atoms with van der Waals surface area (Å²) in [7, 11) is 0. The average molecular weight is 355 g/mol. The number of aliphatic imine (C=N–C) groups is 2. The standard InChI is InChI=1S/C10H13BrClN5.ClH/c11-7-5-6(1-2-8(7)12)3-4-16-10(15)17-9(13)14;/h1-2,5H,3-4H2,(H6,13,14,15,16,17);1H. The van der Waals surface area contributed by atoms with Crippen molar-refractivity contribution in [3.8, 4) is 0 Å².